The average Bonchev–Trinajstić information content (AvgIpc) is 3.33. The summed E-state index contributed by atoms with van der Waals surface area (Å²) in [7, 11) is 0. The third kappa shape index (κ3) is 3.63. The Kier molecular flexibility index (Phi) is 4.87. The Hall–Kier alpha value is -3.13. The normalized spacial score (nSPS) is 16.9. The molecule has 1 saturated heterocycles. The van der Waals surface area contributed by atoms with Gasteiger partial charge in [-0.25, -0.2) is 13.2 Å². The van der Waals surface area contributed by atoms with Gasteiger partial charge in [-0.2, -0.15) is 5.10 Å². The van der Waals surface area contributed by atoms with Crippen molar-refractivity contribution in [3.63, 3.8) is 0 Å². The Bertz CT molecular complexity index is 1070. The number of nitrogens with zero attached hydrogens (tertiary/aromatic N) is 1. The molecule has 1 unspecified atom stereocenters. The van der Waals surface area contributed by atoms with Crippen LogP contribution in [-0.2, 0) is 9.53 Å². The molecule has 1 aliphatic heterocycles. The number of hydrogen-bond donors (Lipinski definition) is 2. The summed E-state index contributed by atoms with van der Waals surface area (Å²) in [4.78, 5) is 12.2. The number of aromatic nitrogens is 2. The third-order valence-corrected chi connectivity index (χ3v) is 4.62. The first-order valence-electron chi connectivity index (χ1n) is 8.70. The van der Waals surface area contributed by atoms with Gasteiger partial charge in [-0.3, -0.25) is 9.89 Å². The van der Waals surface area contributed by atoms with Gasteiger partial charge in [0.1, 0.15) is 5.82 Å². The first kappa shape index (κ1) is 18.2. The second kappa shape index (κ2) is 7.47. The van der Waals surface area contributed by atoms with E-state index in [9.17, 15) is 18.0 Å². The number of fused-ring (bicyclic) bond motifs is 1. The van der Waals surface area contributed by atoms with Crippen LogP contribution in [0.4, 0.5) is 18.9 Å². The second-order valence-corrected chi connectivity index (χ2v) is 6.54. The topological polar surface area (TPSA) is 67.0 Å². The molecular formula is C20H16F3N3O2. The summed E-state index contributed by atoms with van der Waals surface area (Å²) in [6.45, 7) is 0.837. The summed E-state index contributed by atoms with van der Waals surface area (Å²) >= 11 is 0. The number of amides is 1. The zero-order valence-corrected chi connectivity index (χ0v) is 14.6. The number of rotatable bonds is 4. The van der Waals surface area contributed by atoms with E-state index in [4.69, 9.17) is 4.74 Å². The molecule has 28 heavy (non-hydrogen) atoms. The van der Waals surface area contributed by atoms with Crippen LogP contribution in [-0.4, -0.2) is 29.3 Å². The lowest BCUT2D eigenvalue weighted by atomic mass is 10.1. The summed E-state index contributed by atoms with van der Waals surface area (Å²) in [5.74, 6) is -3.05. The minimum absolute atomic E-state index is 0.0493. The van der Waals surface area contributed by atoms with Crippen molar-refractivity contribution < 1.29 is 22.7 Å². The van der Waals surface area contributed by atoms with Crippen molar-refractivity contribution in [2.75, 3.05) is 18.5 Å². The molecular weight excluding hydrogens is 371 g/mol. The highest BCUT2D eigenvalue weighted by Crippen LogP contribution is 2.26. The number of carbonyl (C=O) groups is 1. The Labute approximate surface area is 158 Å². The average molecular weight is 387 g/mol. The van der Waals surface area contributed by atoms with Gasteiger partial charge in [-0.05, 0) is 36.3 Å². The van der Waals surface area contributed by atoms with Crippen LogP contribution in [0.5, 0.6) is 0 Å². The lowest BCUT2D eigenvalue weighted by molar-refractivity contribution is -0.119. The minimum Gasteiger partial charge on any atom is -0.381 e. The predicted molar refractivity (Wildman–Crippen MR) is 98.9 cm³/mol. The standard InChI is InChI=1S/C20H16F3N3O2/c21-14-3-1-11(7-15(14)22)2-4-17-13-8-19(16(23)9-18(13)26-25-17)24-20(27)12-5-6-28-10-12/h1-4,7-9,12H,5-6,10H2,(H,24,27)(H,25,26)/b4-2+. The molecule has 2 N–H and O–H groups in total. The van der Waals surface area contributed by atoms with E-state index in [2.05, 4.69) is 15.5 Å². The van der Waals surface area contributed by atoms with Gasteiger partial charge in [0, 0.05) is 18.1 Å². The minimum atomic E-state index is -0.947. The first-order chi connectivity index (χ1) is 13.5. The van der Waals surface area contributed by atoms with Gasteiger partial charge in [-0.1, -0.05) is 12.1 Å². The molecule has 144 valence electrons. The molecule has 0 spiro atoms. The van der Waals surface area contributed by atoms with E-state index < -0.39 is 17.5 Å². The monoisotopic (exact) mass is 387 g/mol. The number of aromatic amines is 1. The number of benzene rings is 2. The highest BCUT2D eigenvalue weighted by Gasteiger charge is 2.24. The van der Waals surface area contributed by atoms with Crippen molar-refractivity contribution in [3.8, 4) is 0 Å². The molecule has 3 aromatic rings. The maximum absolute atomic E-state index is 14.3. The molecule has 0 saturated carbocycles. The molecule has 1 atom stereocenters. The fourth-order valence-electron chi connectivity index (χ4n) is 3.05. The second-order valence-electron chi connectivity index (χ2n) is 6.54. The van der Waals surface area contributed by atoms with Gasteiger partial charge < -0.3 is 10.1 Å². The van der Waals surface area contributed by atoms with Crippen LogP contribution in [0, 0.1) is 23.4 Å². The van der Waals surface area contributed by atoms with Crippen LogP contribution in [0.3, 0.4) is 0 Å². The lowest BCUT2D eigenvalue weighted by Crippen LogP contribution is -2.23. The van der Waals surface area contributed by atoms with E-state index in [0.717, 1.165) is 12.1 Å². The van der Waals surface area contributed by atoms with E-state index in [0.29, 0.717) is 41.8 Å². The van der Waals surface area contributed by atoms with Gasteiger partial charge in [0.2, 0.25) is 5.91 Å². The summed E-state index contributed by atoms with van der Waals surface area (Å²) in [5.41, 5.74) is 1.42. The Morgan fingerprint density at radius 1 is 1.14 bits per heavy atom. The molecule has 0 aliphatic carbocycles. The molecule has 0 radical (unpaired) electrons. The summed E-state index contributed by atoms with van der Waals surface area (Å²) in [5, 5.41) is 10.0. The van der Waals surface area contributed by atoms with E-state index in [1.807, 2.05) is 0 Å². The van der Waals surface area contributed by atoms with Gasteiger partial charge in [0.15, 0.2) is 11.6 Å². The molecule has 8 heteroatoms. The number of anilines is 1. The molecule has 0 bridgehead atoms. The zero-order valence-electron chi connectivity index (χ0n) is 14.6. The summed E-state index contributed by atoms with van der Waals surface area (Å²) < 4.78 is 45.9. The quantitative estimate of drug-likeness (QED) is 0.708. The van der Waals surface area contributed by atoms with Crippen LogP contribution in [0.2, 0.25) is 0 Å². The lowest BCUT2D eigenvalue weighted by Gasteiger charge is -2.10. The highest BCUT2D eigenvalue weighted by atomic mass is 19.2. The molecule has 2 aromatic carbocycles. The molecule has 4 rings (SSSR count). The Balaban J connectivity index is 1.61. The molecule has 1 aromatic heterocycles. The maximum Gasteiger partial charge on any atom is 0.229 e. The number of H-pyrrole nitrogens is 1. The Morgan fingerprint density at radius 2 is 2.00 bits per heavy atom. The van der Waals surface area contributed by atoms with E-state index in [1.165, 1.54) is 18.2 Å². The molecule has 2 heterocycles. The van der Waals surface area contributed by atoms with Crippen LogP contribution in [0.25, 0.3) is 23.1 Å². The van der Waals surface area contributed by atoms with Crippen molar-refractivity contribution in [3.05, 3.63) is 59.0 Å². The largest absolute Gasteiger partial charge is 0.381 e. The highest BCUT2D eigenvalue weighted by molar-refractivity contribution is 5.97. The van der Waals surface area contributed by atoms with Crippen LogP contribution < -0.4 is 5.32 Å². The van der Waals surface area contributed by atoms with Crippen LogP contribution in [0.15, 0.2) is 30.3 Å². The van der Waals surface area contributed by atoms with Crippen molar-refractivity contribution in [1.29, 1.82) is 0 Å². The number of hydrogen-bond acceptors (Lipinski definition) is 3. The number of carbonyl (C=O) groups excluding carboxylic acids is 1. The number of ether oxygens (including phenoxy) is 1. The maximum atomic E-state index is 14.3. The molecule has 1 aliphatic rings. The first-order valence-corrected chi connectivity index (χ1v) is 8.70. The van der Waals surface area contributed by atoms with Gasteiger partial charge in [-0.15, -0.1) is 0 Å². The SMILES string of the molecule is O=C(Nc1cc2c(/C=C/c3ccc(F)c(F)c3)n[nH]c2cc1F)C1CCOC1. The van der Waals surface area contributed by atoms with E-state index in [1.54, 1.807) is 12.2 Å². The van der Waals surface area contributed by atoms with Crippen molar-refractivity contribution in [1.82, 2.24) is 10.2 Å². The summed E-state index contributed by atoms with van der Waals surface area (Å²) in [6.07, 6.45) is 3.76. The van der Waals surface area contributed by atoms with Crippen molar-refractivity contribution in [2.45, 2.75) is 6.42 Å². The van der Waals surface area contributed by atoms with E-state index in [-0.39, 0.29) is 17.5 Å². The number of halogens is 3. The van der Waals surface area contributed by atoms with Crippen LogP contribution in [0.1, 0.15) is 17.7 Å². The Morgan fingerprint density at radius 3 is 2.75 bits per heavy atom. The predicted octanol–water partition coefficient (Wildman–Crippen LogP) is 4.13. The molecule has 1 amide bonds. The van der Waals surface area contributed by atoms with Crippen molar-refractivity contribution in [2.24, 2.45) is 5.92 Å². The smallest absolute Gasteiger partial charge is 0.229 e. The molecule has 1 fully saturated rings. The van der Waals surface area contributed by atoms with Gasteiger partial charge >= 0.3 is 0 Å². The summed E-state index contributed by atoms with van der Waals surface area (Å²) in [6, 6.07) is 6.27. The fraction of sp³-hybridized carbons (Fsp3) is 0.200. The van der Waals surface area contributed by atoms with Crippen molar-refractivity contribution >= 4 is 34.6 Å². The van der Waals surface area contributed by atoms with E-state index >= 15 is 0 Å². The zero-order chi connectivity index (χ0) is 19.7. The fourth-order valence-corrected chi connectivity index (χ4v) is 3.05. The van der Waals surface area contributed by atoms with Gasteiger partial charge in [0.05, 0.1) is 29.4 Å². The molecule has 5 nitrogen and oxygen atoms in total. The van der Waals surface area contributed by atoms with Gasteiger partial charge in [0.25, 0.3) is 0 Å². The third-order valence-electron chi connectivity index (χ3n) is 4.62. The number of nitrogens with one attached hydrogen (secondary N) is 2. The van der Waals surface area contributed by atoms with Crippen LogP contribution >= 0.6 is 0 Å².